The standard InChI is InChI=1S/C14H14N2OS.C10H19NO2.3C2H6/c1-10-13(18-9-15-10)11-2-4-12(5-3-11)14(6-7-14)16-8-17;1-10(2,3)6-9(13)11-5-4-8(12)7-11;3*1-2/h2-5,8-9H,6-7H2,1H3,(H,16,17);8,12H,4-7H2,1-3H3;3*1-2H3. The van der Waals surface area contributed by atoms with Crippen molar-refractivity contribution in [3.63, 3.8) is 0 Å². The Morgan fingerprint density at radius 1 is 1.14 bits per heavy atom. The number of aromatic nitrogens is 1. The molecule has 0 bridgehead atoms. The first kappa shape index (κ1) is 34.8. The van der Waals surface area contributed by atoms with Gasteiger partial charge in [-0.2, -0.15) is 0 Å². The zero-order valence-corrected chi connectivity index (χ0v) is 25.7. The minimum Gasteiger partial charge on any atom is -0.391 e. The van der Waals surface area contributed by atoms with Crippen LogP contribution < -0.4 is 5.32 Å². The highest BCUT2D eigenvalue weighted by molar-refractivity contribution is 7.13. The summed E-state index contributed by atoms with van der Waals surface area (Å²) >= 11 is 1.66. The third kappa shape index (κ3) is 11.3. The number of β-amino-alcohol motifs (C(OH)–C–C–N with tert-alkyl or cyclic N) is 1. The van der Waals surface area contributed by atoms with Crippen LogP contribution in [-0.2, 0) is 15.1 Å². The summed E-state index contributed by atoms with van der Waals surface area (Å²) in [7, 11) is 0. The van der Waals surface area contributed by atoms with Crippen molar-refractivity contribution in [2.24, 2.45) is 5.41 Å². The summed E-state index contributed by atoms with van der Waals surface area (Å²) < 4.78 is 0. The first-order valence-corrected chi connectivity index (χ1v) is 14.7. The molecule has 0 spiro atoms. The molecular formula is C30H51N3O3S. The summed E-state index contributed by atoms with van der Waals surface area (Å²) in [6.07, 6.45) is 3.86. The van der Waals surface area contributed by atoms with Crippen molar-refractivity contribution >= 4 is 23.7 Å². The zero-order valence-electron chi connectivity index (χ0n) is 24.9. The predicted molar refractivity (Wildman–Crippen MR) is 158 cm³/mol. The Balaban J connectivity index is 0.000000605. The first-order chi connectivity index (χ1) is 17.6. The number of carbonyl (C=O) groups is 2. The molecule has 1 aromatic carbocycles. The van der Waals surface area contributed by atoms with Crippen LogP contribution in [0.15, 0.2) is 29.8 Å². The molecule has 1 saturated heterocycles. The first-order valence-electron chi connectivity index (χ1n) is 13.8. The highest BCUT2D eigenvalue weighted by Crippen LogP contribution is 2.45. The summed E-state index contributed by atoms with van der Waals surface area (Å²) in [6.45, 7) is 21.4. The molecule has 210 valence electrons. The lowest BCUT2D eigenvalue weighted by atomic mass is 9.92. The fourth-order valence-electron chi connectivity index (χ4n) is 3.81. The average Bonchev–Trinajstić information content (AvgIpc) is 3.33. The van der Waals surface area contributed by atoms with Gasteiger partial charge in [-0.25, -0.2) is 4.98 Å². The lowest BCUT2D eigenvalue weighted by molar-refractivity contribution is -0.132. The quantitative estimate of drug-likeness (QED) is 0.408. The lowest BCUT2D eigenvalue weighted by Gasteiger charge is -2.22. The number of nitrogens with zero attached hydrogens (tertiary/aromatic N) is 2. The van der Waals surface area contributed by atoms with Crippen LogP contribution in [0, 0.1) is 12.3 Å². The van der Waals surface area contributed by atoms with E-state index in [9.17, 15) is 14.7 Å². The molecule has 1 saturated carbocycles. The summed E-state index contributed by atoms with van der Waals surface area (Å²) in [5, 5.41) is 12.2. The van der Waals surface area contributed by atoms with Crippen LogP contribution in [0.1, 0.15) is 99.3 Å². The van der Waals surface area contributed by atoms with Gasteiger partial charge in [-0.05, 0) is 42.7 Å². The SMILES string of the molecule is CC.CC.CC.CC(C)(C)CC(=O)N1CCC(O)C1.Cc1ncsc1-c1ccc(C2(NC=O)CC2)cc1. The van der Waals surface area contributed by atoms with Crippen molar-refractivity contribution in [1.82, 2.24) is 15.2 Å². The van der Waals surface area contributed by atoms with E-state index in [1.165, 1.54) is 16.0 Å². The van der Waals surface area contributed by atoms with Gasteiger partial charge >= 0.3 is 0 Å². The Morgan fingerprint density at radius 3 is 2.08 bits per heavy atom. The molecule has 1 atom stereocenters. The molecule has 2 N–H and O–H groups in total. The maximum atomic E-state index is 11.6. The Labute approximate surface area is 229 Å². The molecule has 1 aliphatic carbocycles. The Bertz CT molecular complexity index is 900. The number of aliphatic hydroxyl groups excluding tert-OH is 1. The minimum absolute atomic E-state index is 0.0463. The molecule has 2 amide bonds. The molecule has 37 heavy (non-hydrogen) atoms. The number of aliphatic hydroxyl groups is 1. The van der Waals surface area contributed by atoms with Crippen LogP contribution in [0.5, 0.6) is 0 Å². The van der Waals surface area contributed by atoms with E-state index in [-0.39, 0.29) is 23.0 Å². The second-order valence-corrected chi connectivity index (χ2v) is 10.6. The third-order valence-corrected chi connectivity index (χ3v) is 6.71. The normalized spacial score (nSPS) is 16.7. The van der Waals surface area contributed by atoms with Crippen molar-refractivity contribution in [2.75, 3.05) is 13.1 Å². The number of thiazole rings is 1. The van der Waals surface area contributed by atoms with E-state index in [1.807, 2.05) is 54.0 Å². The molecule has 2 fully saturated rings. The summed E-state index contributed by atoms with van der Waals surface area (Å²) in [5.74, 6) is 0.170. The minimum atomic E-state index is -0.302. The molecule has 4 rings (SSSR count). The van der Waals surface area contributed by atoms with Crippen LogP contribution in [-0.4, -0.2) is 46.5 Å². The second-order valence-electron chi connectivity index (χ2n) is 9.71. The maximum absolute atomic E-state index is 11.6. The van der Waals surface area contributed by atoms with Gasteiger partial charge < -0.3 is 15.3 Å². The number of nitrogens with one attached hydrogen (secondary N) is 1. The molecule has 1 aromatic heterocycles. The van der Waals surface area contributed by atoms with E-state index in [0.29, 0.717) is 13.0 Å². The summed E-state index contributed by atoms with van der Waals surface area (Å²) in [5.41, 5.74) is 5.28. The average molecular weight is 534 g/mol. The Morgan fingerprint density at radius 2 is 1.70 bits per heavy atom. The van der Waals surface area contributed by atoms with Gasteiger partial charge in [0.1, 0.15) is 0 Å². The molecule has 6 nitrogen and oxygen atoms in total. The molecule has 1 aliphatic heterocycles. The van der Waals surface area contributed by atoms with Gasteiger partial charge in [-0.3, -0.25) is 9.59 Å². The van der Waals surface area contributed by atoms with Crippen molar-refractivity contribution in [1.29, 1.82) is 0 Å². The van der Waals surface area contributed by atoms with Gasteiger partial charge in [0.25, 0.3) is 0 Å². The van der Waals surface area contributed by atoms with Crippen LogP contribution >= 0.6 is 11.3 Å². The molecule has 0 radical (unpaired) electrons. The predicted octanol–water partition coefficient (Wildman–Crippen LogP) is 6.95. The number of rotatable bonds is 5. The van der Waals surface area contributed by atoms with Crippen molar-refractivity contribution < 1.29 is 14.7 Å². The zero-order chi connectivity index (χ0) is 28.6. The van der Waals surface area contributed by atoms with Gasteiger partial charge in [0.15, 0.2) is 0 Å². The monoisotopic (exact) mass is 533 g/mol. The Kier molecular flexibility index (Phi) is 16.2. The number of carbonyl (C=O) groups excluding carboxylic acids is 2. The van der Waals surface area contributed by atoms with E-state index in [1.54, 1.807) is 16.2 Å². The van der Waals surface area contributed by atoms with Gasteiger partial charge in [-0.15, -0.1) is 11.3 Å². The molecule has 7 heteroatoms. The number of aryl methyl sites for hydroxylation is 1. The number of likely N-dealkylation sites (tertiary alicyclic amines) is 1. The highest BCUT2D eigenvalue weighted by Gasteiger charge is 2.43. The van der Waals surface area contributed by atoms with E-state index < -0.39 is 0 Å². The summed E-state index contributed by atoms with van der Waals surface area (Å²) in [4.78, 5) is 29.5. The van der Waals surface area contributed by atoms with Crippen molar-refractivity contribution in [2.45, 2.75) is 107 Å². The maximum Gasteiger partial charge on any atom is 0.223 e. The van der Waals surface area contributed by atoms with Gasteiger partial charge in [0.05, 0.1) is 27.7 Å². The van der Waals surface area contributed by atoms with E-state index in [2.05, 4.69) is 55.3 Å². The fraction of sp³-hybridized carbons (Fsp3) is 0.633. The molecule has 2 aromatic rings. The van der Waals surface area contributed by atoms with Crippen LogP contribution in [0.25, 0.3) is 10.4 Å². The number of amides is 2. The van der Waals surface area contributed by atoms with Gasteiger partial charge in [-0.1, -0.05) is 86.6 Å². The number of benzene rings is 1. The van der Waals surface area contributed by atoms with Crippen molar-refractivity contribution in [3.8, 4) is 10.4 Å². The lowest BCUT2D eigenvalue weighted by Crippen LogP contribution is -2.32. The van der Waals surface area contributed by atoms with E-state index in [0.717, 1.165) is 37.9 Å². The van der Waals surface area contributed by atoms with E-state index in [4.69, 9.17) is 0 Å². The largest absolute Gasteiger partial charge is 0.391 e. The molecule has 2 heterocycles. The molecule has 2 aliphatic rings. The van der Waals surface area contributed by atoms with Crippen LogP contribution in [0.2, 0.25) is 0 Å². The Hall–Kier alpha value is -2.25. The van der Waals surface area contributed by atoms with Crippen molar-refractivity contribution in [3.05, 3.63) is 41.0 Å². The summed E-state index contributed by atoms with van der Waals surface area (Å²) in [6, 6.07) is 8.45. The third-order valence-electron chi connectivity index (χ3n) is 5.73. The van der Waals surface area contributed by atoms with E-state index >= 15 is 0 Å². The van der Waals surface area contributed by atoms with Gasteiger partial charge in [0.2, 0.25) is 12.3 Å². The molecular weight excluding hydrogens is 482 g/mol. The number of hydrogen-bond acceptors (Lipinski definition) is 5. The second kappa shape index (κ2) is 17.3. The van der Waals surface area contributed by atoms with Gasteiger partial charge in [0, 0.05) is 19.5 Å². The highest BCUT2D eigenvalue weighted by atomic mass is 32.1. The fourth-order valence-corrected chi connectivity index (χ4v) is 4.62. The van der Waals surface area contributed by atoms with Crippen LogP contribution in [0.3, 0.4) is 0 Å². The van der Waals surface area contributed by atoms with Crippen LogP contribution in [0.4, 0.5) is 0 Å². The topological polar surface area (TPSA) is 82.5 Å². The number of hydrogen-bond donors (Lipinski definition) is 2. The molecule has 1 unspecified atom stereocenters. The smallest absolute Gasteiger partial charge is 0.223 e.